The monoisotopic (exact) mass is 307 g/mol. The molecule has 1 fully saturated rings. The Morgan fingerprint density at radius 2 is 1.96 bits per heavy atom. The number of fused-ring (bicyclic) bond motifs is 1. The van der Waals surface area contributed by atoms with Crippen LogP contribution in [0, 0.1) is 6.92 Å². The molecule has 0 saturated carbocycles. The third-order valence-corrected chi connectivity index (χ3v) is 4.67. The highest BCUT2D eigenvalue weighted by Gasteiger charge is 2.27. The maximum atomic E-state index is 4.85. The summed E-state index contributed by atoms with van der Waals surface area (Å²) in [4.78, 5) is 12.1. The zero-order valence-corrected chi connectivity index (χ0v) is 13.6. The Labute approximate surface area is 136 Å². The number of aromatic nitrogens is 4. The van der Waals surface area contributed by atoms with Crippen LogP contribution in [0.25, 0.3) is 11.0 Å². The van der Waals surface area contributed by atoms with E-state index in [9.17, 15) is 0 Å². The van der Waals surface area contributed by atoms with E-state index in [1.165, 1.54) is 18.4 Å². The summed E-state index contributed by atoms with van der Waals surface area (Å²) in [6, 6.07) is 8.53. The van der Waals surface area contributed by atoms with Gasteiger partial charge in [0.05, 0.1) is 28.6 Å². The Morgan fingerprint density at radius 3 is 2.70 bits per heavy atom. The van der Waals surface area contributed by atoms with E-state index >= 15 is 0 Å². The fourth-order valence-corrected chi connectivity index (χ4v) is 3.47. The number of hydrogen-bond donors (Lipinski definition) is 0. The fraction of sp³-hybridized carbons (Fsp3) is 0.389. The number of para-hydroxylation sites is 2. The van der Waals surface area contributed by atoms with Crippen LogP contribution in [-0.2, 0) is 13.6 Å². The molecule has 23 heavy (non-hydrogen) atoms. The molecule has 1 atom stereocenters. The van der Waals surface area contributed by atoms with E-state index in [1.807, 2.05) is 42.2 Å². The molecule has 1 saturated heterocycles. The SMILES string of the molecule is Cc1nc2ccccc2nc1CN1CCCC1c1cnn(C)c1. The minimum Gasteiger partial charge on any atom is -0.290 e. The molecule has 0 bridgehead atoms. The second-order valence-corrected chi connectivity index (χ2v) is 6.32. The number of benzene rings is 1. The molecule has 0 radical (unpaired) electrons. The largest absolute Gasteiger partial charge is 0.290 e. The van der Waals surface area contributed by atoms with E-state index in [1.54, 1.807) is 0 Å². The van der Waals surface area contributed by atoms with Crippen molar-refractivity contribution in [2.75, 3.05) is 6.54 Å². The van der Waals surface area contributed by atoms with E-state index < -0.39 is 0 Å². The van der Waals surface area contributed by atoms with E-state index in [0.29, 0.717) is 6.04 Å². The van der Waals surface area contributed by atoms with Gasteiger partial charge in [0, 0.05) is 31.4 Å². The highest BCUT2D eigenvalue weighted by atomic mass is 15.3. The Bertz CT molecular complexity index is 838. The summed E-state index contributed by atoms with van der Waals surface area (Å²) in [6.07, 6.45) is 6.52. The van der Waals surface area contributed by atoms with Crippen molar-refractivity contribution in [3.8, 4) is 0 Å². The van der Waals surface area contributed by atoms with E-state index in [0.717, 1.165) is 35.5 Å². The number of aryl methyl sites for hydroxylation is 2. The van der Waals surface area contributed by atoms with Crippen molar-refractivity contribution in [1.82, 2.24) is 24.6 Å². The minimum absolute atomic E-state index is 0.441. The predicted molar refractivity (Wildman–Crippen MR) is 89.9 cm³/mol. The second kappa shape index (κ2) is 5.74. The van der Waals surface area contributed by atoms with Gasteiger partial charge in [0.15, 0.2) is 0 Å². The minimum atomic E-state index is 0.441. The fourth-order valence-electron chi connectivity index (χ4n) is 3.47. The molecule has 3 aromatic rings. The molecule has 118 valence electrons. The van der Waals surface area contributed by atoms with Gasteiger partial charge < -0.3 is 0 Å². The van der Waals surface area contributed by atoms with Crippen LogP contribution in [0.2, 0.25) is 0 Å². The molecule has 1 unspecified atom stereocenters. The topological polar surface area (TPSA) is 46.8 Å². The number of likely N-dealkylation sites (tertiary alicyclic amines) is 1. The summed E-state index contributed by atoms with van der Waals surface area (Å²) in [7, 11) is 1.97. The maximum Gasteiger partial charge on any atom is 0.0890 e. The third kappa shape index (κ3) is 2.72. The molecule has 0 amide bonds. The Morgan fingerprint density at radius 1 is 1.17 bits per heavy atom. The lowest BCUT2D eigenvalue weighted by atomic mass is 10.1. The lowest BCUT2D eigenvalue weighted by Gasteiger charge is -2.23. The average molecular weight is 307 g/mol. The number of nitrogens with zero attached hydrogens (tertiary/aromatic N) is 5. The molecular weight excluding hydrogens is 286 g/mol. The van der Waals surface area contributed by atoms with Crippen molar-refractivity contribution in [2.45, 2.75) is 32.4 Å². The van der Waals surface area contributed by atoms with Crippen molar-refractivity contribution in [3.05, 3.63) is 53.6 Å². The van der Waals surface area contributed by atoms with Crippen LogP contribution in [-0.4, -0.2) is 31.2 Å². The van der Waals surface area contributed by atoms with Gasteiger partial charge in [-0.05, 0) is 38.4 Å². The number of rotatable bonds is 3. The summed E-state index contributed by atoms with van der Waals surface area (Å²) in [5.41, 5.74) is 5.36. The summed E-state index contributed by atoms with van der Waals surface area (Å²) < 4.78 is 1.88. The van der Waals surface area contributed by atoms with Gasteiger partial charge in [0.2, 0.25) is 0 Å². The summed E-state index contributed by atoms with van der Waals surface area (Å²) in [5.74, 6) is 0. The molecule has 1 aliphatic rings. The van der Waals surface area contributed by atoms with Gasteiger partial charge in [-0.2, -0.15) is 5.10 Å². The van der Waals surface area contributed by atoms with Crippen LogP contribution in [0.5, 0.6) is 0 Å². The predicted octanol–water partition coefficient (Wildman–Crippen LogP) is 3.01. The molecule has 0 spiro atoms. The highest BCUT2D eigenvalue weighted by molar-refractivity contribution is 5.74. The molecule has 5 nitrogen and oxygen atoms in total. The third-order valence-electron chi connectivity index (χ3n) is 4.67. The van der Waals surface area contributed by atoms with Gasteiger partial charge in [0.25, 0.3) is 0 Å². The van der Waals surface area contributed by atoms with Gasteiger partial charge in [-0.3, -0.25) is 9.58 Å². The molecule has 0 aliphatic carbocycles. The molecule has 1 aromatic carbocycles. The first-order valence-electron chi connectivity index (χ1n) is 8.15. The first-order valence-corrected chi connectivity index (χ1v) is 8.15. The van der Waals surface area contributed by atoms with Crippen LogP contribution in [0.15, 0.2) is 36.7 Å². The van der Waals surface area contributed by atoms with Gasteiger partial charge in [-0.15, -0.1) is 0 Å². The Kier molecular flexibility index (Phi) is 3.58. The Balaban J connectivity index is 1.63. The number of hydrogen-bond acceptors (Lipinski definition) is 4. The molecule has 5 heteroatoms. The van der Waals surface area contributed by atoms with E-state index in [2.05, 4.69) is 23.1 Å². The molecule has 0 N–H and O–H groups in total. The first-order chi connectivity index (χ1) is 11.2. The van der Waals surface area contributed by atoms with Crippen molar-refractivity contribution in [3.63, 3.8) is 0 Å². The van der Waals surface area contributed by atoms with Crippen molar-refractivity contribution in [1.29, 1.82) is 0 Å². The van der Waals surface area contributed by atoms with Crippen molar-refractivity contribution < 1.29 is 0 Å². The molecule has 1 aliphatic heterocycles. The summed E-state index contributed by atoms with van der Waals surface area (Å²) in [5, 5.41) is 4.32. The second-order valence-electron chi connectivity index (χ2n) is 6.32. The van der Waals surface area contributed by atoms with Gasteiger partial charge in [-0.25, -0.2) is 9.97 Å². The van der Waals surface area contributed by atoms with Crippen LogP contribution in [0.3, 0.4) is 0 Å². The summed E-state index contributed by atoms with van der Waals surface area (Å²) >= 11 is 0. The van der Waals surface area contributed by atoms with Crippen LogP contribution in [0.4, 0.5) is 0 Å². The van der Waals surface area contributed by atoms with Crippen LogP contribution in [0.1, 0.15) is 35.8 Å². The zero-order chi connectivity index (χ0) is 15.8. The van der Waals surface area contributed by atoms with Crippen molar-refractivity contribution >= 4 is 11.0 Å². The van der Waals surface area contributed by atoms with Gasteiger partial charge in [-0.1, -0.05) is 12.1 Å². The lowest BCUT2D eigenvalue weighted by molar-refractivity contribution is 0.245. The standard InChI is InChI=1S/C18H21N5/c1-13-17(21-16-7-4-3-6-15(16)20-13)12-23-9-5-8-18(23)14-10-19-22(2)11-14/h3-4,6-7,10-11,18H,5,8-9,12H2,1-2H3. The molecular formula is C18H21N5. The molecule has 4 rings (SSSR count). The highest BCUT2D eigenvalue weighted by Crippen LogP contribution is 2.33. The molecule has 3 heterocycles. The average Bonchev–Trinajstić information content (AvgIpc) is 3.16. The van der Waals surface area contributed by atoms with E-state index in [-0.39, 0.29) is 0 Å². The smallest absolute Gasteiger partial charge is 0.0890 e. The first kappa shape index (κ1) is 14.3. The quantitative estimate of drug-likeness (QED) is 0.746. The maximum absolute atomic E-state index is 4.85. The summed E-state index contributed by atoms with van der Waals surface area (Å²) in [6.45, 7) is 4.01. The zero-order valence-electron chi connectivity index (χ0n) is 13.6. The molecule has 2 aromatic heterocycles. The normalized spacial score (nSPS) is 18.8. The van der Waals surface area contributed by atoms with Gasteiger partial charge in [0.1, 0.15) is 0 Å². The van der Waals surface area contributed by atoms with Gasteiger partial charge >= 0.3 is 0 Å². The van der Waals surface area contributed by atoms with Crippen LogP contribution >= 0.6 is 0 Å². The van der Waals surface area contributed by atoms with E-state index in [4.69, 9.17) is 9.97 Å². The lowest BCUT2D eigenvalue weighted by Crippen LogP contribution is -2.24. The van der Waals surface area contributed by atoms with Crippen molar-refractivity contribution in [2.24, 2.45) is 7.05 Å². The Hall–Kier alpha value is -2.27. The van der Waals surface area contributed by atoms with Crippen LogP contribution < -0.4 is 0 Å².